The first-order valence-electron chi connectivity index (χ1n) is 6.16. The van der Waals surface area contributed by atoms with Crippen LogP contribution in [0.2, 0.25) is 5.02 Å². The molecule has 4 heteroatoms. The fourth-order valence-electron chi connectivity index (χ4n) is 2.25. The van der Waals surface area contributed by atoms with Gasteiger partial charge < -0.3 is 9.84 Å². The standard InChI is InChI=1S/C14H20ClFO2/c1-4-14(5-2,18-3)12(17)9-10-7-6-8-11(15)13(10)16/h6-8,12,17H,4-5,9H2,1-3H3. The molecule has 0 aliphatic carbocycles. The molecule has 0 saturated heterocycles. The number of rotatable bonds is 6. The Morgan fingerprint density at radius 2 is 2.00 bits per heavy atom. The smallest absolute Gasteiger partial charge is 0.145 e. The van der Waals surface area contributed by atoms with Crippen molar-refractivity contribution in [2.45, 2.75) is 44.8 Å². The van der Waals surface area contributed by atoms with Crippen LogP contribution in [0.15, 0.2) is 18.2 Å². The molecule has 102 valence electrons. The van der Waals surface area contributed by atoms with Gasteiger partial charge in [-0.25, -0.2) is 4.39 Å². The summed E-state index contributed by atoms with van der Waals surface area (Å²) in [7, 11) is 1.57. The normalized spacial score (nSPS) is 13.7. The van der Waals surface area contributed by atoms with E-state index in [1.807, 2.05) is 13.8 Å². The molecule has 0 aromatic heterocycles. The molecular formula is C14H20ClFO2. The van der Waals surface area contributed by atoms with E-state index in [0.717, 1.165) is 0 Å². The van der Waals surface area contributed by atoms with Gasteiger partial charge in [0.2, 0.25) is 0 Å². The first-order valence-corrected chi connectivity index (χ1v) is 6.54. The number of ether oxygens (including phenoxy) is 1. The zero-order chi connectivity index (χ0) is 13.8. The minimum atomic E-state index is -0.759. The fraction of sp³-hybridized carbons (Fsp3) is 0.571. The molecule has 1 aromatic rings. The molecule has 0 saturated carbocycles. The van der Waals surface area contributed by atoms with Crippen LogP contribution in [0.1, 0.15) is 32.3 Å². The summed E-state index contributed by atoms with van der Waals surface area (Å²) >= 11 is 5.73. The van der Waals surface area contributed by atoms with Crippen molar-refractivity contribution in [2.75, 3.05) is 7.11 Å². The molecule has 1 aromatic carbocycles. The summed E-state index contributed by atoms with van der Waals surface area (Å²) in [5, 5.41) is 10.4. The highest BCUT2D eigenvalue weighted by atomic mass is 35.5. The van der Waals surface area contributed by atoms with Gasteiger partial charge in [-0.2, -0.15) is 0 Å². The van der Waals surface area contributed by atoms with E-state index < -0.39 is 17.5 Å². The second-order valence-electron chi connectivity index (χ2n) is 4.41. The quantitative estimate of drug-likeness (QED) is 0.859. The third-order valence-electron chi connectivity index (χ3n) is 3.66. The summed E-state index contributed by atoms with van der Waals surface area (Å²) in [4.78, 5) is 0. The summed E-state index contributed by atoms with van der Waals surface area (Å²) in [5.41, 5.74) is -0.215. The summed E-state index contributed by atoms with van der Waals surface area (Å²) < 4.78 is 19.2. The van der Waals surface area contributed by atoms with Gasteiger partial charge in [0, 0.05) is 13.5 Å². The lowest BCUT2D eigenvalue weighted by Crippen LogP contribution is -2.44. The van der Waals surface area contributed by atoms with Crippen molar-refractivity contribution in [1.82, 2.24) is 0 Å². The maximum atomic E-state index is 13.8. The number of aliphatic hydroxyl groups is 1. The largest absolute Gasteiger partial charge is 0.390 e. The van der Waals surface area contributed by atoms with E-state index in [9.17, 15) is 9.50 Å². The Hall–Kier alpha value is -0.640. The Balaban J connectivity index is 2.92. The van der Waals surface area contributed by atoms with Crippen LogP contribution in [0.25, 0.3) is 0 Å². The number of hydrogen-bond acceptors (Lipinski definition) is 2. The number of hydrogen-bond donors (Lipinski definition) is 1. The van der Waals surface area contributed by atoms with E-state index in [2.05, 4.69) is 0 Å². The van der Waals surface area contributed by atoms with Gasteiger partial charge in [0.15, 0.2) is 0 Å². The van der Waals surface area contributed by atoms with Crippen LogP contribution in [-0.4, -0.2) is 23.9 Å². The number of benzene rings is 1. The second-order valence-corrected chi connectivity index (χ2v) is 4.82. The number of aliphatic hydroxyl groups excluding tert-OH is 1. The van der Waals surface area contributed by atoms with E-state index in [0.29, 0.717) is 18.4 Å². The highest BCUT2D eigenvalue weighted by Crippen LogP contribution is 2.28. The number of methoxy groups -OCH3 is 1. The second kappa shape index (κ2) is 6.50. The van der Waals surface area contributed by atoms with E-state index in [4.69, 9.17) is 16.3 Å². The Kier molecular flexibility index (Phi) is 5.57. The molecule has 1 N–H and O–H groups in total. The molecule has 18 heavy (non-hydrogen) atoms. The van der Waals surface area contributed by atoms with E-state index in [1.165, 1.54) is 6.07 Å². The van der Waals surface area contributed by atoms with Gasteiger partial charge >= 0.3 is 0 Å². The topological polar surface area (TPSA) is 29.5 Å². The van der Waals surface area contributed by atoms with Crippen LogP contribution in [0.3, 0.4) is 0 Å². The average molecular weight is 275 g/mol. The molecule has 1 rings (SSSR count). The fourth-order valence-corrected chi connectivity index (χ4v) is 2.44. The zero-order valence-electron chi connectivity index (χ0n) is 11.0. The van der Waals surface area contributed by atoms with Crippen molar-refractivity contribution < 1.29 is 14.2 Å². The molecule has 0 amide bonds. The third-order valence-corrected chi connectivity index (χ3v) is 3.95. The van der Waals surface area contributed by atoms with Gasteiger partial charge in [-0.15, -0.1) is 0 Å². The molecule has 0 bridgehead atoms. The Morgan fingerprint density at radius 1 is 1.39 bits per heavy atom. The first-order chi connectivity index (χ1) is 8.50. The number of halogens is 2. The van der Waals surface area contributed by atoms with Crippen LogP contribution in [0.4, 0.5) is 4.39 Å². The average Bonchev–Trinajstić information content (AvgIpc) is 2.38. The molecule has 2 nitrogen and oxygen atoms in total. The first kappa shape index (κ1) is 15.4. The lowest BCUT2D eigenvalue weighted by atomic mass is 9.86. The molecule has 0 heterocycles. The van der Waals surface area contributed by atoms with Gasteiger partial charge in [-0.1, -0.05) is 37.6 Å². The van der Waals surface area contributed by atoms with Crippen molar-refractivity contribution in [2.24, 2.45) is 0 Å². The van der Waals surface area contributed by atoms with Gasteiger partial charge in [-0.3, -0.25) is 0 Å². The van der Waals surface area contributed by atoms with Crippen LogP contribution >= 0.6 is 11.6 Å². The highest BCUT2D eigenvalue weighted by molar-refractivity contribution is 6.30. The van der Waals surface area contributed by atoms with E-state index in [-0.39, 0.29) is 11.4 Å². The molecule has 0 fully saturated rings. The Labute approximate surface area is 113 Å². The molecule has 1 unspecified atom stereocenters. The lowest BCUT2D eigenvalue weighted by Gasteiger charge is -2.35. The maximum Gasteiger partial charge on any atom is 0.145 e. The molecule has 0 aliphatic rings. The van der Waals surface area contributed by atoms with Gasteiger partial charge in [0.25, 0.3) is 0 Å². The summed E-state index contributed by atoms with van der Waals surface area (Å²) in [5.74, 6) is -0.463. The van der Waals surface area contributed by atoms with E-state index >= 15 is 0 Å². The Bertz CT molecular complexity index is 383. The monoisotopic (exact) mass is 274 g/mol. The van der Waals surface area contributed by atoms with Crippen molar-refractivity contribution in [1.29, 1.82) is 0 Å². The molecule has 0 radical (unpaired) electrons. The van der Waals surface area contributed by atoms with Crippen LogP contribution in [-0.2, 0) is 11.2 Å². The minimum absolute atomic E-state index is 0.0794. The lowest BCUT2D eigenvalue weighted by molar-refractivity contribution is -0.107. The SMILES string of the molecule is CCC(CC)(OC)C(O)Cc1cccc(Cl)c1F. The van der Waals surface area contributed by atoms with Crippen molar-refractivity contribution >= 4 is 11.6 Å². The van der Waals surface area contributed by atoms with Crippen molar-refractivity contribution in [3.05, 3.63) is 34.6 Å². The van der Waals surface area contributed by atoms with Crippen molar-refractivity contribution in [3.63, 3.8) is 0 Å². The maximum absolute atomic E-state index is 13.8. The summed E-state index contributed by atoms with van der Waals surface area (Å²) in [6, 6.07) is 4.81. The molecular weight excluding hydrogens is 255 g/mol. The summed E-state index contributed by atoms with van der Waals surface area (Å²) in [6.45, 7) is 3.90. The Morgan fingerprint density at radius 3 is 2.50 bits per heavy atom. The summed E-state index contributed by atoms with van der Waals surface area (Å²) in [6.07, 6.45) is 0.777. The van der Waals surface area contributed by atoms with Crippen LogP contribution in [0.5, 0.6) is 0 Å². The third kappa shape index (κ3) is 3.02. The van der Waals surface area contributed by atoms with Crippen LogP contribution in [0, 0.1) is 5.82 Å². The van der Waals surface area contributed by atoms with Crippen molar-refractivity contribution in [3.8, 4) is 0 Å². The minimum Gasteiger partial charge on any atom is -0.390 e. The predicted octanol–water partition coefficient (Wildman–Crippen LogP) is 3.59. The zero-order valence-corrected chi connectivity index (χ0v) is 11.8. The highest BCUT2D eigenvalue weighted by Gasteiger charge is 2.35. The van der Waals surface area contributed by atoms with E-state index in [1.54, 1.807) is 19.2 Å². The predicted molar refractivity (Wildman–Crippen MR) is 71.4 cm³/mol. The van der Waals surface area contributed by atoms with Gasteiger partial charge in [0.1, 0.15) is 5.82 Å². The van der Waals surface area contributed by atoms with Gasteiger partial charge in [-0.05, 0) is 24.5 Å². The van der Waals surface area contributed by atoms with Crippen LogP contribution < -0.4 is 0 Å². The molecule has 1 atom stereocenters. The van der Waals surface area contributed by atoms with Gasteiger partial charge in [0.05, 0.1) is 16.7 Å². The molecule has 0 spiro atoms. The molecule has 0 aliphatic heterocycles.